The molecule has 0 spiro atoms. The minimum absolute atomic E-state index is 0.00566. The molecule has 0 aliphatic carbocycles. The summed E-state index contributed by atoms with van der Waals surface area (Å²) in [6.45, 7) is 4.07. The van der Waals surface area contributed by atoms with Gasteiger partial charge in [0.2, 0.25) is 0 Å². The van der Waals surface area contributed by atoms with E-state index < -0.39 is 11.4 Å². The predicted octanol–water partition coefficient (Wildman–Crippen LogP) is 1.39. The fraction of sp³-hybridized carbons (Fsp3) is 0.455. The van der Waals surface area contributed by atoms with Crippen molar-refractivity contribution in [1.29, 1.82) is 0 Å². The van der Waals surface area contributed by atoms with Crippen LogP contribution < -0.4 is 5.32 Å². The highest BCUT2D eigenvalue weighted by Gasteiger charge is 2.14. The molecule has 3 nitrogen and oxygen atoms in total. The summed E-state index contributed by atoms with van der Waals surface area (Å²) in [7, 11) is 0. The van der Waals surface area contributed by atoms with E-state index in [1.807, 2.05) is 13.8 Å². The number of hydrogen-bond donors (Lipinski definition) is 3. The Morgan fingerprint density at radius 2 is 2.00 bits per heavy atom. The molecule has 0 saturated carbocycles. The summed E-state index contributed by atoms with van der Waals surface area (Å²) in [4.78, 5) is 0. The Morgan fingerprint density at radius 3 is 2.53 bits per heavy atom. The van der Waals surface area contributed by atoms with Crippen molar-refractivity contribution >= 4 is 0 Å². The summed E-state index contributed by atoms with van der Waals surface area (Å²) < 4.78 is 12.9. The van der Waals surface area contributed by atoms with E-state index in [1.165, 1.54) is 12.1 Å². The number of aromatic hydroxyl groups is 1. The van der Waals surface area contributed by atoms with E-state index in [-0.39, 0.29) is 12.4 Å². The molecule has 0 atom stereocenters. The summed E-state index contributed by atoms with van der Waals surface area (Å²) in [5.74, 6) is -0.554. The van der Waals surface area contributed by atoms with Crippen LogP contribution in [0.4, 0.5) is 4.39 Å². The van der Waals surface area contributed by atoms with Crippen LogP contribution in [-0.2, 0) is 6.54 Å². The standard InChI is InChI=1S/C11H16FNO2/c1-11(2,7-14)13-6-8-3-9(12)5-10(15)4-8/h3-5,13-15H,6-7H2,1-2H3. The maximum atomic E-state index is 12.9. The molecule has 15 heavy (non-hydrogen) atoms. The smallest absolute Gasteiger partial charge is 0.127 e. The van der Waals surface area contributed by atoms with E-state index in [9.17, 15) is 4.39 Å². The Bertz CT molecular complexity index is 319. The Hall–Kier alpha value is -1.13. The van der Waals surface area contributed by atoms with Crippen molar-refractivity contribution in [2.75, 3.05) is 6.61 Å². The molecule has 0 heterocycles. The van der Waals surface area contributed by atoms with E-state index in [0.29, 0.717) is 12.1 Å². The molecule has 0 aliphatic rings. The third kappa shape index (κ3) is 3.85. The third-order valence-corrected chi connectivity index (χ3v) is 2.11. The fourth-order valence-corrected chi connectivity index (χ4v) is 1.13. The zero-order valence-electron chi connectivity index (χ0n) is 8.92. The highest BCUT2D eigenvalue weighted by molar-refractivity contribution is 5.28. The quantitative estimate of drug-likeness (QED) is 0.708. The van der Waals surface area contributed by atoms with Crippen molar-refractivity contribution in [3.05, 3.63) is 29.6 Å². The Morgan fingerprint density at radius 1 is 1.33 bits per heavy atom. The van der Waals surface area contributed by atoms with Crippen LogP contribution in [0.15, 0.2) is 18.2 Å². The maximum Gasteiger partial charge on any atom is 0.127 e. The first-order valence-electron chi connectivity index (χ1n) is 4.77. The number of benzene rings is 1. The largest absolute Gasteiger partial charge is 0.508 e. The number of aliphatic hydroxyl groups is 1. The lowest BCUT2D eigenvalue weighted by atomic mass is 10.1. The summed E-state index contributed by atoms with van der Waals surface area (Å²) in [6, 6.07) is 3.89. The van der Waals surface area contributed by atoms with E-state index in [4.69, 9.17) is 10.2 Å². The molecule has 0 aromatic heterocycles. The summed E-state index contributed by atoms with van der Waals surface area (Å²) in [5, 5.41) is 21.2. The van der Waals surface area contributed by atoms with Crippen LogP contribution in [0.5, 0.6) is 5.75 Å². The average molecular weight is 213 g/mol. The van der Waals surface area contributed by atoms with Gasteiger partial charge in [0.05, 0.1) is 6.61 Å². The van der Waals surface area contributed by atoms with E-state index in [0.717, 1.165) is 6.07 Å². The van der Waals surface area contributed by atoms with Gasteiger partial charge in [0.1, 0.15) is 11.6 Å². The van der Waals surface area contributed by atoms with E-state index in [1.54, 1.807) is 0 Å². The fourth-order valence-electron chi connectivity index (χ4n) is 1.13. The normalized spacial score (nSPS) is 11.7. The molecule has 1 rings (SSSR count). The first kappa shape index (κ1) is 11.9. The topological polar surface area (TPSA) is 52.5 Å². The van der Waals surface area contributed by atoms with E-state index >= 15 is 0 Å². The number of halogens is 1. The van der Waals surface area contributed by atoms with Crippen LogP contribution in [0.25, 0.3) is 0 Å². The molecule has 3 N–H and O–H groups in total. The van der Waals surface area contributed by atoms with Gasteiger partial charge in [0.25, 0.3) is 0 Å². The molecule has 0 bridgehead atoms. The number of hydrogen-bond acceptors (Lipinski definition) is 3. The lowest BCUT2D eigenvalue weighted by Gasteiger charge is -2.23. The van der Waals surface area contributed by atoms with Crippen LogP contribution in [0.2, 0.25) is 0 Å². The minimum atomic E-state index is -0.464. The number of aliphatic hydroxyl groups excluding tert-OH is 1. The highest BCUT2D eigenvalue weighted by atomic mass is 19.1. The van der Waals surface area contributed by atoms with Crippen molar-refractivity contribution in [1.82, 2.24) is 5.32 Å². The van der Waals surface area contributed by atoms with Crippen molar-refractivity contribution in [3.63, 3.8) is 0 Å². The molecule has 0 radical (unpaired) electrons. The van der Waals surface area contributed by atoms with Gasteiger partial charge in [-0.25, -0.2) is 4.39 Å². The van der Waals surface area contributed by atoms with Crippen molar-refractivity contribution in [3.8, 4) is 5.75 Å². The van der Waals surface area contributed by atoms with Gasteiger partial charge in [-0.2, -0.15) is 0 Å². The van der Waals surface area contributed by atoms with Crippen LogP contribution in [-0.4, -0.2) is 22.4 Å². The number of rotatable bonds is 4. The van der Waals surface area contributed by atoms with Gasteiger partial charge >= 0.3 is 0 Å². The van der Waals surface area contributed by atoms with Crippen LogP contribution in [0.3, 0.4) is 0 Å². The third-order valence-electron chi connectivity index (χ3n) is 2.11. The van der Waals surface area contributed by atoms with Crippen molar-refractivity contribution in [2.45, 2.75) is 25.9 Å². The maximum absolute atomic E-state index is 12.9. The number of phenols is 1. The molecule has 0 aliphatic heterocycles. The molecule has 0 amide bonds. The average Bonchev–Trinajstić information content (AvgIpc) is 2.14. The van der Waals surface area contributed by atoms with Crippen LogP contribution in [0.1, 0.15) is 19.4 Å². The molecule has 1 aromatic rings. The lowest BCUT2D eigenvalue weighted by Crippen LogP contribution is -2.42. The second-order valence-electron chi connectivity index (χ2n) is 4.21. The van der Waals surface area contributed by atoms with Gasteiger partial charge in [-0.1, -0.05) is 0 Å². The predicted molar refractivity (Wildman–Crippen MR) is 56.1 cm³/mol. The monoisotopic (exact) mass is 213 g/mol. The van der Waals surface area contributed by atoms with E-state index in [2.05, 4.69) is 5.32 Å². The lowest BCUT2D eigenvalue weighted by molar-refractivity contribution is 0.187. The van der Waals surface area contributed by atoms with Crippen molar-refractivity contribution < 1.29 is 14.6 Å². The van der Waals surface area contributed by atoms with Crippen LogP contribution in [0, 0.1) is 5.82 Å². The second kappa shape index (κ2) is 4.59. The van der Waals surface area contributed by atoms with Gasteiger partial charge in [-0.15, -0.1) is 0 Å². The molecule has 0 unspecified atom stereocenters. The van der Waals surface area contributed by atoms with Gasteiger partial charge in [0.15, 0.2) is 0 Å². The first-order chi connectivity index (χ1) is 6.93. The Balaban J connectivity index is 2.65. The van der Waals surface area contributed by atoms with Gasteiger partial charge in [0, 0.05) is 18.2 Å². The zero-order valence-corrected chi connectivity index (χ0v) is 8.92. The molecular formula is C11H16FNO2. The zero-order chi connectivity index (χ0) is 11.5. The van der Waals surface area contributed by atoms with Crippen LogP contribution >= 0.6 is 0 Å². The Labute approximate surface area is 88.6 Å². The second-order valence-corrected chi connectivity index (χ2v) is 4.21. The van der Waals surface area contributed by atoms with Crippen molar-refractivity contribution in [2.24, 2.45) is 0 Å². The molecule has 0 fully saturated rings. The number of nitrogens with one attached hydrogen (secondary N) is 1. The molecule has 4 heteroatoms. The van der Waals surface area contributed by atoms with Gasteiger partial charge in [-0.3, -0.25) is 0 Å². The molecule has 0 saturated heterocycles. The molecule has 84 valence electrons. The molecular weight excluding hydrogens is 197 g/mol. The van der Waals surface area contributed by atoms with Gasteiger partial charge in [-0.05, 0) is 31.5 Å². The van der Waals surface area contributed by atoms with Gasteiger partial charge < -0.3 is 15.5 Å². The number of phenolic OH excluding ortho intramolecular Hbond substituents is 1. The highest BCUT2D eigenvalue weighted by Crippen LogP contribution is 2.15. The minimum Gasteiger partial charge on any atom is -0.508 e. The summed E-state index contributed by atoms with van der Waals surface area (Å²) in [6.07, 6.45) is 0. The first-order valence-corrected chi connectivity index (χ1v) is 4.77. The summed E-state index contributed by atoms with van der Waals surface area (Å²) >= 11 is 0. The molecule has 1 aromatic carbocycles. The summed E-state index contributed by atoms with van der Waals surface area (Å²) in [5.41, 5.74) is 0.233. The Kier molecular flexibility index (Phi) is 3.66. The SMILES string of the molecule is CC(C)(CO)NCc1cc(O)cc(F)c1.